The number of hydrogen-bond acceptors (Lipinski definition) is 25. The molecule has 5 aromatic carbocycles. The molecule has 0 radical (unpaired) electrons. The summed E-state index contributed by atoms with van der Waals surface area (Å²) in [6.07, 6.45) is 14.9. The standard InChI is InChI=1S/C23H28N2OS2.C20H27N3S2.C20H26N2S2.C19H23N3O2S2.C18H23N3OS/c1-16(26)19-5-2-4-18(19)9-10-25-11-13-28-23-15-17(7-8-21(23)25)14-20(24)22-6-3-12-27-22;1-3-22(4-2)9-10-23-11-13-25-20-15-16(7-8-18(20)23)14-17(21)19-6-5-12-24-19;1-2-3-4-5-10-22-11-13-24-20-15-16(8-9-18(20)22)14-17(21)19-7-6-12-23-19;1-21(13-19(23)24)6-7-22-8-10-26-18-12-14(4-5-16(18)22)11-15(20)17-3-2-9-25-17;1-20(2)7-8-21-9-11-23-18-13-14(5-6-16(18)21)12-15(19)17-4-3-10-22-17/h3,6-8,12,15,18-19,24H,2,4-5,9-11,13-14H2,1H3;5-8,12,15,21H,3-4,9-11,13-14H2,1-2H3;6-9,12,15,21H,2-5,10-11,13-14H2,1H3;2-5,9,12,20H,6-8,10-11,13H2,1H3,(H,23,24);3-6,10,13,19H,7-9,11-12H2,1-2H3/t18?,19-;;;;/m0..../s1. The molecule has 1 saturated carbocycles. The number of carboxylic acids is 1. The normalized spacial score (nSPS) is 15.6. The van der Waals surface area contributed by atoms with Gasteiger partial charge < -0.3 is 70.9 Å². The van der Waals surface area contributed by atoms with Gasteiger partial charge >= 0.3 is 5.97 Å². The number of nitrogens with one attached hydrogen (secondary N) is 5. The second-order valence-corrected chi connectivity index (χ2v) is 42.5. The first kappa shape index (κ1) is 97.4. The number of hydrogen-bond donors (Lipinski definition) is 6. The third kappa shape index (κ3) is 29.2. The van der Waals surface area contributed by atoms with Gasteiger partial charge in [-0.25, -0.2) is 0 Å². The number of aliphatic carboxylic acids is 1. The first-order chi connectivity index (χ1) is 61.3. The average molecular weight is 1860 g/mol. The summed E-state index contributed by atoms with van der Waals surface area (Å²) >= 11 is 16.2. The van der Waals surface area contributed by atoms with Crippen LogP contribution >= 0.6 is 104 Å². The van der Waals surface area contributed by atoms with Crippen LogP contribution in [0.15, 0.2) is 208 Å². The zero-order chi connectivity index (χ0) is 88.7. The average Bonchev–Trinajstić information content (AvgIpc) is 1.12. The number of nitrogens with zero attached hydrogens (tertiary/aromatic N) is 8. The number of likely N-dealkylation sites (N-methyl/N-ethyl adjacent to an activating group) is 3. The van der Waals surface area contributed by atoms with Gasteiger partial charge in [-0.05, 0) is 219 Å². The van der Waals surface area contributed by atoms with E-state index in [1.54, 1.807) is 58.5 Å². The SMILES string of the molecule is CC(=O)[C@@H]1CCCC1CCN1CCSc2cc(CC(=N)c3cccs3)ccc21.CCCCCCN1CCSc2cc(CC(=N)c3cccs3)ccc21.CCN(CC)CCN1CCSc2cc(CC(=N)c3cccs3)ccc21.CN(C)CCN1CCSc2cc(CC(=N)c3ccco3)ccc21.CN(CCN1CCSc2cc(CC(=N)c3cccs3)ccc21)CC(=O)O. The molecule has 6 N–H and O–H groups in total. The highest BCUT2D eigenvalue weighted by atomic mass is 32.2. The molecule has 6 aliphatic rings. The molecule has 0 amide bonds. The van der Waals surface area contributed by atoms with Crippen molar-refractivity contribution in [2.45, 2.75) is 136 Å². The van der Waals surface area contributed by atoms with Crippen molar-refractivity contribution in [3.8, 4) is 0 Å². The number of carbonyl (C=O) groups excluding carboxylic acids is 1. The Morgan fingerprint density at radius 1 is 0.429 bits per heavy atom. The van der Waals surface area contributed by atoms with E-state index in [0.29, 0.717) is 71.9 Å². The lowest BCUT2D eigenvalue weighted by atomic mass is 9.90. The number of furan rings is 1. The van der Waals surface area contributed by atoms with Gasteiger partial charge in [0.1, 0.15) is 11.5 Å². The van der Waals surface area contributed by atoms with E-state index in [1.807, 2.05) is 153 Å². The highest BCUT2D eigenvalue weighted by Crippen LogP contribution is 2.43. The first-order valence-corrected chi connectivity index (χ1v) is 53.1. The molecule has 0 bridgehead atoms. The van der Waals surface area contributed by atoms with Crippen LogP contribution in [0.5, 0.6) is 0 Å². The molecule has 670 valence electrons. The molecule has 1 aliphatic carbocycles. The smallest absolute Gasteiger partial charge is 0.317 e. The van der Waals surface area contributed by atoms with E-state index in [4.69, 9.17) is 36.6 Å². The predicted octanol–water partition coefficient (Wildman–Crippen LogP) is 22.8. The van der Waals surface area contributed by atoms with E-state index in [2.05, 4.69) is 160 Å². The van der Waals surface area contributed by atoms with Gasteiger partial charge in [-0.2, -0.15) is 0 Å². The van der Waals surface area contributed by atoms with E-state index < -0.39 is 5.97 Å². The lowest BCUT2D eigenvalue weighted by Crippen LogP contribution is -2.38. The van der Waals surface area contributed by atoms with Gasteiger partial charge in [0.15, 0.2) is 0 Å². The van der Waals surface area contributed by atoms with Gasteiger partial charge in [-0.1, -0.05) is 101 Å². The number of ketones is 1. The number of benzene rings is 5. The van der Waals surface area contributed by atoms with Crippen molar-refractivity contribution >= 4 is 173 Å². The fourth-order valence-electron chi connectivity index (χ4n) is 16.7. The molecule has 0 saturated heterocycles. The van der Waals surface area contributed by atoms with Crippen LogP contribution in [-0.2, 0) is 41.7 Å². The molecular formula is C100H127N13O4S9. The second-order valence-electron chi connectivity index (χ2n) is 33.1. The van der Waals surface area contributed by atoms with Crippen LogP contribution in [0.2, 0.25) is 0 Å². The Bertz CT molecular complexity index is 5110. The van der Waals surface area contributed by atoms with E-state index in [0.717, 1.165) is 159 Å². The molecule has 2 atom stereocenters. The summed E-state index contributed by atoms with van der Waals surface area (Å²) in [4.78, 5) is 52.6. The van der Waals surface area contributed by atoms with Crippen LogP contribution < -0.4 is 24.5 Å². The Labute approximate surface area is 786 Å². The monoisotopic (exact) mass is 1860 g/mol. The largest absolute Gasteiger partial charge is 0.480 e. The van der Waals surface area contributed by atoms with Crippen molar-refractivity contribution < 1.29 is 19.1 Å². The molecule has 10 aromatic rings. The number of fused-ring (bicyclic) bond motifs is 5. The van der Waals surface area contributed by atoms with Crippen LogP contribution in [-0.4, -0.2) is 215 Å². The predicted molar refractivity (Wildman–Crippen MR) is 547 cm³/mol. The molecule has 5 aliphatic heterocycles. The minimum absolute atomic E-state index is 0.0687. The highest BCUT2D eigenvalue weighted by Gasteiger charge is 2.32. The Hall–Kier alpha value is -7.70. The van der Waals surface area contributed by atoms with Crippen molar-refractivity contribution in [2.24, 2.45) is 11.8 Å². The number of thioether (sulfide) groups is 5. The lowest BCUT2D eigenvalue weighted by molar-refractivity contribution is -0.138. The van der Waals surface area contributed by atoms with Gasteiger partial charge in [0.2, 0.25) is 0 Å². The summed E-state index contributed by atoms with van der Waals surface area (Å²) in [6.45, 7) is 24.4. The van der Waals surface area contributed by atoms with E-state index >= 15 is 0 Å². The number of carboxylic acid groups (broad SMARTS) is 1. The van der Waals surface area contributed by atoms with Crippen LogP contribution in [0.25, 0.3) is 0 Å². The van der Waals surface area contributed by atoms with Crippen molar-refractivity contribution in [1.29, 1.82) is 27.0 Å². The molecule has 17 nitrogen and oxygen atoms in total. The Morgan fingerprint density at radius 2 is 0.794 bits per heavy atom. The van der Waals surface area contributed by atoms with Gasteiger partial charge in [0, 0.05) is 196 Å². The van der Waals surface area contributed by atoms with Crippen LogP contribution in [0.3, 0.4) is 0 Å². The fraction of sp³-hybridized carbons (Fsp3) is 0.430. The maximum absolute atomic E-state index is 11.9. The van der Waals surface area contributed by atoms with Crippen LogP contribution in [0.1, 0.15) is 132 Å². The minimum Gasteiger partial charge on any atom is -0.480 e. The third-order valence-electron chi connectivity index (χ3n) is 23.7. The highest BCUT2D eigenvalue weighted by molar-refractivity contribution is 8.00. The maximum Gasteiger partial charge on any atom is 0.317 e. The summed E-state index contributed by atoms with van der Waals surface area (Å²) in [6, 6.07) is 53.1. The number of unbranched alkanes of at least 4 members (excludes halogenated alkanes) is 3. The fourth-order valence-corrected chi connectivity index (χ4v) is 25.0. The molecule has 26 heteroatoms. The number of Topliss-reactive ketones (excluding diaryl/α,β-unsaturated/α-hetero) is 1. The first-order valence-electron chi connectivity index (χ1n) is 44.6. The maximum atomic E-state index is 11.9. The van der Waals surface area contributed by atoms with Crippen LogP contribution in [0, 0.1) is 38.9 Å². The van der Waals surface area contributed by atoms with Gasteiger partial charge in [-0.15, -0.1) is 104 Å². The molecule has 10 heterocycles. The summed E-state index contributed by atoms with van der Waals surface area (Å²) in [5.74, 6) is 6.70. The van der Waals surface area contributed by atoms with Gasteiger partial charge in [0.05, 0.1) is 69.8 Å². The van der Waals surface area contributed by atoms with Crippen molar-refractivity contribution in [1.82, 2.24) is 14.7 Å². The van der Waals surface area contributed by atoms with Crippen LogP contribution in [0.4, 0.5) is 28.4 Å². The summed E-state index contributed by atoms with van der Waals surface area (Å²) in [5, 5.41) is 58.4. The molecular weight excluding hydrogens is 1740 g/mol. The summed E-state index contributed by atoms with van der Waals surface area (Å²) in [5.41, 5.74) is 16.0. The molecule has 5 aromatic heterocycles. The quantitative estimate of drug-likeness (QED) is 0.0158. The number of rotatable bonds is 37. The third-order valence-corrected chi connectivity index (χ3v) is 32.5. The Balaban J connectivity index is 0.000000143. The molecule has 1 fully saturated rings. The van der Waals surface area contributed by atoms with E-state index in [9.17, 15) is 9.59 Å². The lowest BCUT2D eigenvalue weighted by Gasteiger charge is -2.33. The number of thiophene rings is 4. The molecule has 16 rings (SSSR count). The summed E-state index contributed by atoms with van der Waals surface area (Å²) in [7, 11) is 6.07. The Morgan fingerprint density at radius 3 is 1.13 bits per heavy atom. The number of carbonyl (C=O) groups is 2. The van der Waals surface area contributed by atoms with Crippen molar-refractivity contribution in [2.75, 3.05) is 179 Å². The van der Waals surface area contributed by atoms with Gasteiger partial charge in [-0.3, -0.25) is 14.5 Å². The van der Waals surface area contributed by atoms with Crippen molar-refractivity contribution in [3.63, 3.8) is 0 Å². The van der Waals surface area contributed by atoms with E-state index in [-0.39, 0.29) is 6.54 Å². The second kappa shape index (κ2) is 50.5. The zero-order valence-corrected chi connectivity index (χ0v) is 81.8. The van der Waals surface area contributed by atoms with Crippen molar-refractivity contribution in [3.05, 3.63) is 233 Å². The van der Waals surface area contributed by atoms with E-state index in [1.165, 1.54) is 132 Å². The topological polar surface area (TPSA) is 213 Å². The molecule has 1 unspecified atom stereocenters. The summed E-state index contributed by atoms with van der Waals surface area (Å²) < 4.78 is 5.31. The number of anilines is 5. The zero-order valence-electron chi connectivity index (χ0n) is 74.4. The molecule has 0 spiro atoms. The molecule has 126 heavy (non-hydrogen) atoms. The minimum atomic E-state index is -0.792. The Kier molecular flexibility index (Phi) is 39.0. The van der Waals surface area contributed by atoms with Gasteiger partial charge in [0.25, 0.3) is 0 Å².